The Balaban J connectivity index is 0.000000406. The number of nitrogens with one attached hydrogen (secondary N) is 2. The Morgan fingerprint density at radius 1 is 1.23 bits per heavy atom. The molecule has 0 spiro atoms. The Labute approximate surface area is 128 Å². The Kier molecular flexibility index (Phi) is 9.78. The van der Waals surface area contributed by atoms with Crippen LogP contribution < -0.4 is 16.8 Å². The summed E-state index contributed by atoms with van der Waals surface area (Å²) in [7, 11) is 0. The highest BCUT2D eigenvalue weighted by atomic mass is 16.4. The van der Waals surface area contributed by atoms with Crippen molar-refractivity contribution < 1.29 is 19.8 Å². The second-order valence-electron chi connectivity index (χ2n) is 4.48. The van der Waals surface area contributed by atoms with Crippen LogP contribution in [-0.2, 0) is 16.0 Å². The maximum absolute atomic E-state index is 10.2. The van der Waals surface area contributed by atoms with Crippen LogP contribution in [0, 0.1) is 5.41 Å². The van der Waals surface area contributed by atoms with Gasteiger partial charge in [0.1, 0.15) is 6.04 Å². The molecule has 8 heteroatoms. The van der Waals surface area contributed by atoms with Crippen LogP contribution in [0.15, 0.2) is 30.3 Å². The van der Waals surface area contributed by atoms with E-state index in [1.54, 1.807) is 12.1 Å². The molecule has 0 radical (unpaired) electrons. The van der Waals surface area contributed by atoms with E-state index in [0.29, 0.717) is 19.4 Å². The molecule has 22 heavy (non-hydrogen) atoms. The van der Waals surface area contributed by atoms with E-state index in [2.05, 4.69) is 5.32 Å². The summed E-state index contributed by atoms with van der Waals surface area (Å²) >= 11 is 0. The Hall–Kier alpha value is -2.61. The molecule has 0 amide bonds. The lowest BCUT2D eigenvalue weighted by atomic mass is 10.2. The number of hydrogen-bond acceptors (Lipinski definition) is 4. The topological polar surface area (TPSA) is 163 Å². The van der Waals surface area contributed by atoms with Crippen LogP contribution in [0.3, 0.4) is 0 Å². The minimum atomic E-state index is -1.00. The van der Waals surface area contributed by atoms with Crippen molar-refractivity contribution in [2.24, 2.45) is 11.5 Å². The third-order valence-electron chi connectivity index (χ3n) is 2.52. The van der Waals surface area contributed by atoms with Gasteiger partial charge in [0.15, 0.2) is 5.96 Å². The number of guanidine groups is 1. The number of nitrogens with two attached hydrogens (primary N) is 2. The minimum absolute atomic E-state index is 0.112. The first kappa shape index (κ1) is 19.4. The summed E-state index contributed by atoms with van der Waals surface area (Å²) in [5.74, 6) is -1.90. The molecule has 0 aromatic heterocycles. The fourth-order valence-electron chi connectivity index (χ4n) is 1.44. The quantitative estimate of drug-likeness (QED) is 0.234. The monoisotopic (exact) mass is 310 g/mol. The lowest BCUT2D eigenvalue weighted by molar-refractivity contribution is -0.139. The van der Waals surface area contributed by atoms with Gasteiger partial charge in [-0.1, -0.05) is 30.3 Å². The van der Waals surface area contributed by atoms with Crippen molar-refractivity contribution in [3.8, 4) is 0 Å². The van der Waals surface area contributed by atoms with Crippen LogP contribution in [0.1, 0.15) is 18.4 Å². The second kappa shape index (κ2) is 11.1. The first-order valence-corrected chi connectivity index (χ1v) is 6.65. The predicted molar refractivity (Wildman–Crippen MR) is 82.5 cm³/mol. The number of rotatable bonds is 7. The van der Waals surface area contributed by atoms with Crippen molar-refractivity contribution in [2.45, 2.75) is 25.3 Å². The highest BCUT2D eigenvalue weighted by Gasteiger charge is 2.09. The van der Waals surface area contributed by atoms with Crippen molar-refractivity contribution >= 4 is 17.9 Å². The van der Waals surface area contributed by atoms with Crippen molar-refractivity contribution in [1.82, 2.24) is 5.32 Å². The Bertz CT molecular complexity index is 479. The summed E-state index contributed by atoms with van der Waals surface area (Å²) < 4.78 is 0. The van der Waals surface area contributed by atoms with E-state index in [4.69, 9.17) is 27.1 Å². The lowest BCUT2D eigenvalue weighted by Gasteiger charge is -2.06. The molecule has 0 saturated carbocycles. The van der Waals surface area contributed by atoms with Crippen LogP contribution in [0.4, 0.5) is 0 Å². The number of hydrogen-bond donors (Lipinski definition) is 6. The standard InChI is InChI=1S/C8H8O2.C6H14N4O2/c9-8(10)6-7-4-2-1-3-5-7;7-4(5(11)12)2-1-3-10-6(8)9/h1-5H,6H2,(H,9,10);4H,1-3,7H2,(H,11,12)(H4,8,9,10). The molecule has 1 aromatic rings. The predicted octanol–water partition coefficient (Wildman–Crippen LogP) is -0.0247. The van der Waals surface area contributed by atoms with Gasteiger partial charge >= 0.3 is 11.9 Å². The molecular weight excluding hydrogens is 288 g/mol. The molecule has 0 fully saturated rings. The van der Waals surface area contributed by atoms with Gasteiger partial charge in [-0.3, -0.25) is 15.0 Å². The molecular formula is C14H22N4O4. The molecule has 0 aliphatic rings. The highest BCUT2D eigenvalue weighted by molar-refractivity contribution is 5.74. The van der Waals surface area contributed by atoms with E-state index in [1.807, 2.05) is 18.2 Å². The van der Waals surface area contributed by atoms with Gasteiger partial charge < -0.3 is 27.0 Å². The molecule has 1 unspecified atom stereocenters. The number of benzene rings is 1. The number of carboxylic acids is 2. The molecule has 122 valence electrons. The van der Waals surface area contributed by atoms with Crippen LogP contribution >= 0.6 is 0 Å². The van der Waals surface area contributed by atoms with E-state index in [1.165, 1.54) is 0 Å². The molecule has 8 nitrogen and oxygen atoms in total. The molecule has 0 saturated heterocycles. The van der Waals surface area contributed by atoms with E-state index < -0.39 is 18.0 Å². The summed E-state index contributed by atoms with van der Waals surface area (Å²) in [6.45, 7) is 0.482. The maximum Gasteiger partial charge on any atom is 0.320 e. The zero-order chi connectivity index (χ0) is 17.0. The Morgan fingerprint density at radius 3 is 2.27 bits per heavy atom. The largest absolute Gasteiger partial charge is 0.481 e. The molecule has 0 bridgehead atoms. The van der Waals surface area contributed by atoms with E-state index >= 15 is 0 Å². The van der Waals surface area contributed by atoms with Gasteiger partial charge in [0, 0.05) is 6.54 Å². The minimum Gasteiger partial charge on any atom is -0.481 e. The van der Waals surface area contributed by atoms with Gasteiger partial charge in [0.05, 0.1) is 6.42 Å². The van der Waals surface area contributed by atoms with Crippen molar-refractivity contribution in [2.75, 3.05) is 6.54 Å². The van der Waals surface area contributed by atoms with Crippen LogP contribution in [0.25, 0.3) is 0 Å². The third-order valence-corrected chi connectivity index (χ3v) is 2.52. The van der Waals surface area contributed by atoms with Crippen molar-refractivity contribution in [3.05, 3.63) is 35.9 Å². The van der Waals surface area contributed by atoms with Gasteiger partial charge in [-0.2, -0.15) is 0 Å². The first-order chi connectivity index (χ1) is 10.3. The van der Waals surface area contributed by atoms with Gasteiger partial charge in [0.2, 0.25) is 0 Å². The van der Waals surface area contributed by atoms with Gasteiger partial charge in [-0.15, -0.1) is 0 Å². The van der Waals surface area contributed by atoms with E-state index in [-0.39, 0.29) is 12.4 Å². The lowest BCUT2D eigenvalue weighted by Crippen LogP contribution is -2.34. The van der Waals surface area contributed by atoms with Crippen LogP contribution in [0.5, 0.6) is 0 Å². The van der Waals surface area contributed by atoms with Gasteiger partial charge in [0.25, 0.3) is 0 Å². The summed E-state index contributed by atoms with van der Waals surface area (Å²) in [5.41, 5.74) is 11.1. The molecule has 1 rings (SSSR count). The number of carbonyl (C=O) groups is 2. The maximum atomic E-state index is 10.2. The first-order valence-electron chi connectivity index (χ1n) is 6.65. The number of aliphatic carboxylic acids is 2. The van der Waals surface area contributed by atoms with Crippen molar-refractivity contribution in [1.29, 1.82) is 5.41 Å². The third kappa shape index (κ3) is 11.2. The molecule has 1 atom stereocenters. The SMILES string of the molecule is N=C(N)NCCCC(N)C(=O)O.O=C(O)Cc1ccccc1. The second-order valence-corrected chi connectivity index (χ2v) is 4.48. The average molecular weight is 310 g/mol. The molecule has 0 aliphatic heterocycles. The Morgan fingerprint density at radius 2 is 1.82 bits per heavy atom. The summed E-state index contributed by atoms with van der Waals surface area (Å²) in [6.07, 6.45) is 1.09. The highest BCUT2D eigenvalue weighted by Crippen LogP contribution is 1.98. The van der Waals surface area contributed by atoms with Crippen LogP contribution in [-0.4, -0.2) is 40.7 Å². The summed E-state index contributed by atoms with van der Waals surface area (Å²) in [5, 5.41) is 26.1. The average Bonchev–Trinajstić information content (AvgIpc) is 2.44. The van der Waals surface area contributed by atoms with Gasteiger partial charge in [-0.05, 0) is 18.4 Å². The fourth-order valence-corrected chi connectivity index (χ4v) is 1.44. The smallest absolute Gasteiger partial charge is 0.320 e. The van der Waals surface area contributed by atoms with Crippen molar-refractivity contribution in [3.63, 3.8) is 0 Å². The zero-order valence-corrected chi connectivity index (χ0v) is 12.2. The molecule has 0 heterocycles. The molecule has 8 N–H and O–H groups in total. The van der Waals surface area contributed by atoms with Gasteiger partial charge in [-0.25, -0.2) is 0 Å². The van der Waals surface area contributed by atoms with E-state index in [9.17, 15) is 9.59 Å². The van der Waals surface area contributed by atoms with E-state index in [0.717, 1.165) is 5.56 Å². The summed E-state index contributed by atoms with van der Waals surface area (Å²) in [4.78, 5) is 20.4. The van der Waals surface area contributed by atoms with Crippen LogP contribution in [0.2, 0.25) is 0 Å². The normalized spacial score (nSPS) is 10.8. The fraction of sp³-hybridized carbons (Fsp3) is 0.357. The summed E-state index contributed by atoms with van der Waals surface area (Å²) in [6, 6.07) is 8.31. The molecule has 1 aromatic carbocycles. The zero-order valence-electron chi connectivity index (χ0n) is 12.2. The molecule has 0 aliphatic carbocycles. The number of carboxylic acid groups (broad SMARTS) is 2.